The second kappa shape index (κ2) is 5.08. The highest BCUT2D eigenvalue weighted by Crippen LogP contribution is 2.03. The molecule has 84 valence electrons. The molecular formula is C7H13N5O2S. The van der Waals surface area contributed by atoms with Gasteiger partial charge in [-0.15, -0.1) is 10.8 Å². The summed E-state index contributed by atoms with van der Waals surface area (Å²) < 4.78 is 25.2. The summed E-state index contributed by atoms with van der Waals surface area (Å²) in [6.07, 6.45) is 2.75. The fraction of sp³-hybridized carbons (Fsp3) is 0.714. The second-order valence-electron chi connectivity index (χ2n) is 3.05. The third-order valence-electron chi connectivity index (χ3n) is 1.77. The summed E-state index contributed by atoms with van der Waals surface area (Å²) in [5, 5.41) is 4.97. The average Bonchev–Trinajstić information content (AvgIpc) is 2.60. The number of unbranched alkanes of at least 4 members (excludes halogenated alkanes) is 2. The topological polar surface area (TPSA) is 110 Å². The van der Waals surface area contributed by atoms with Crippen molar-refractivity contribution in [3.63, 3.8) is 0 Å². The molecule has 1 heterocycles. The Morgan fingerprint density at radius 2 is 2.20 bits per heavy atom. The maximum atomic E-state index is 11.4. The summed E-state index contributed by atoms with van der Waals surface area (Å²) in [6.45, 7) is 2.38. The van der Waals surface area contributed by atoms with Crippen LogP contribution in [0.15, 0.2) is 5.16 Å². The van der Waals surface area contributed by atoms with Crippen LogP contribution >= 0.6 is 0 Å². The molecule has 0 saturated carbocycles. The lowest BCUT2D eigenvalue weighted by molar-refractivity contribution is 0.567. The number of H-pyrrole nitrogens is 1. The van der Waals surface area contributed by atoms with Gasteiger partial charge in [-0.1, -0.05) is 19.8 Å². The molecule has 0 unspecified atom stereocenters. The van der Waals surface area contributed by atoms with E-state index in [2.05, 4.69) is 19.9 Å². The van der Waals surface area contributed by atoms with Crippen LogP contribution in [-0.4, -0.2) is 30.1 Å². The summed E-state index contributed by atoms with van der Waals surface area (Å²) in [5.74, 6) is -0.510. The average molecular weight is 231 g/mol. The molecule has 0 spiro atoms. The second-order valence-corrected chi connectivity index (χ2v) is 4.71. The van der Waals surface area contributed by atoms with Gasteiger partial charge in [0.05, 0.1) is 0 Å². The number of hydrogen-bond acceptors (Lipinski definition) is 4. The minimum absolute atomic E-state index is 0.353. The van der Waals surface area contributed by atoms with Crippen LogP contribution < -0.4 is 10.5 Å². The van der Waals surface area contributed by atoms with Crippen molar-refractivity contribution in [3.8, 4) is 0 Å². The minimum atomic E-state index is -3.68. The van der Waals surface area contributed by atoms with Crippen LogP contribution in [0.5, 0.6) is 0 Å². The molecule has 7 nitrogen and oxygen atoms in total. The Kier molecular flexibility index (Phi) is 4.04. The normalized spacial score (nSPS) is 11.8. The Morgan fingerprint density at radius 3 is 2.73 bits per heavy atom. The van der Waals surface area contributed by atoms with Crippen molar-refractivity contribution in [2.24, 2.45) is 0 Å². The van der Waals surface area contributed by atoms with Crippen LogP contribution in [0.25, 0.3) is 0 Å². The van der Waals surface area contributed by atoms with Gasteiger partial charge in [-0.2, -0.15) is 4.98 Å². The van der Waals surface area contributed by atoms with E-state index in [1.165, 1.54) is 0 Å². The first-order valence-electron chi connectivity index (χ1n) is 4.67. The van der Waals surface area contributed by atoms with Gasteiger partial charge in [0, 0.05) is 6.54 Å². The Labute approximate surface area is 88.5 Å². The Bertz CT molecular complexity index is 399. The summed E-state index contributed by atoms with van der Waals surface area (Å²) >= 11 is 0. The zero-order valence-corrected chi connectivity index (χ0v) is 9.21. The van der Waals surface area contributed by atoms with Crippen LogP contribution in [0, 0.1) is 0 Å². The molecule has 1 aromatic heterocycles. The monoisotopic (exact) mass is 231 g/mol. The summed E-state index contributed by atoms with van der Waals surface area (Å²) in [5.41, 5.74) is 8.80. The number of rotatable bonds is 6. The standard InChI is InChI=1S/C7H13N5O2S/c1-2-3-4-5-9-15(13,14)7-10-6(8)11-12-7/h9H,2-5H2,1H3,(H,10,11,12). The highest BCUT2D eigenvalue weighted by molar-refractivity contribution is 7.89. The van der Waals surface area contributed by atoms with Crippen molar-refractivity contribution in [2.45, 2.75) is 31.3 Å². The van der Waals surface area contributed by atoms with E-state index in [0.29, 0.717) is 6.54 Å². The maximum Gasteiger partial charge on any atom is 0.283 e. The van der Waals surface area contributed by atoms with Gasteiger partial charge in [0.15, 0.2) is 0 Å². The number of sulfonamides is 1. The van der Waals surface area contributed by atoms with Gasteiger partial charge in [0.2, 0.25) is 0 Å². The Morgan fingerprint density at radius 1 is 1.47 bits per heavy atom. The molecule has 0 amide bonds. The summed E-state index contributed by atoms with van der Waals surface area (Å²) in [7, 11) is -3.68. The van der Waals surface area contributed by atoms with Crippen LogP contribution in [0.1, 0.15) is 26.2 Å². The maximum absolute atomic E-state index is 11.4. The molecule has 0 aromatic carbocycles. The molecule has 0 atom stereocenters. The van der Waals surface area contributed by atoms with Gasteiger partial charge in [-0.05, 0) is 6.42 Å². The SMILES string of the molecule is CCCCCNS(=O)(=O)c1n[nH]c([N])n1. The summed E-state index contributed by atoms with van der Waals surface area (Å²) in [6, 6.07) is 0. The molecule has 2 N–H and O–H groups in total. The van der Waals surface area contributed by atoms with Gasteiger partial charge < -0.3 is 0 Å². The van der Waals surface area contributed by atoms with Gasteiger partial charge in [0.25, 0.3) is 21.1 Å². The molecule has 1 aromatic rings. The van der Waals surface area contributed by atoms with Crippen molar-refractivity contribution in [1.29, 1.82) is 0 Å². The quantitative estimate of drug-likeness (QED) is 0.670. The van der Waals surface area contributed by atoms with Crippen molar-refractivity contribution in [3.05, 3.63) is 0 Å². The van der Waals surface area contributed by atoms with E-state index < -0.39 is 21.1 Å². The van der Waals surface area contributed by atoms with E-state index in [1.807, 2.05) is 6.92 Å². The molecule has 0 aliphatic rings. The zero-order chi connectivity index (χ0) is 11.3. The lowest BCUT2D eigenvalue weighted by Crippen LogP contribution is -2.25. The minimum Gasteiger partial charge on any atom is -0.241 e. The highest BCUT2D eigenvalue weighted by Gasteiger charge is 2.18. The lowest BCUT2D eigenvalue weighted by atomic mass is 10.3. The molecule has 0 fully saturated rings. The molecule has 0 bridgehead atoms. The van der Waals surface area contributed by atoms with Gasteiger partial charge in [-0.25, -0.2) is 18.2 Å². The lowest BCUT2D eigenvalue weighted by Gasteiger charge is -2.01. The van der Waals surface area contributed by atoms with E-state index >= 15 is 0 Å². The molecule has 1 rings (SSSR count). The first-order chi connectivity index (χ1) is 7.06. The van der Waals surface area contributed by atoms with E-state index in [9.17, 15) is 8.42 Å². The van der Waals surface area contributed by atoms with Crippen LogP contribution in [0.3, 0.4) is 0 Å². The number of nitrogens with one attached hydrogen (secondary N) is 2. The van der Waals surface area contributed by atoms with Crippen LogP contribution in [0.2, 0.25) is 0 Å². The Hall–Kier alpha value is -1.15. The first kappa shape index (κ1) is 11.9. The fourth-order valence-corrected chi connectivity index (χ4v) is 1.92. The highest BCUT2D eigenvalue weighted by atomic mass is 32.2. The van der Waals surface area contributed by atoms with Gasteiger partial charge >= 0.3 is 0 Å². The fourth-order valence-electron chi connectivity index (χ4n) is 1.00. The van der Waals surface area contributed by atoms with Crippen LogP contribution in [0.4, 0.5) is 5.95 Å². The molecule has 15 heavy (non-hydrogen) atoms. The molecule has 0 aliphatic heterocycles. The van der Waals surface area contributed by atoms with Crippen molar-refractivity contribution in [2.75, 3.05) is 6.54 Å². The summed E-state index contributed by atoms with van der Waals surface area (Å²) in [4.78, 5) is 3.32. The zero-order valence-electron chi connectivity index (χ0n) is 8.39. The largest absolute Gasteiger partial charge is 0.283 e. The number of aromatic nitrogens is 3. The smallest absolute Gasteiger partial charge is 0.241 e. The van der Waals surface area contributed by atoms with Gasteiger partial charge in [0.1, 0.15) is 0 Å². The molecule has 0 saturated heterocycles. The number of aromatic amines is 1. The predicted molar refractivity (Wildman–Crippen MR) is 52.9 cm³/mol. The van der Waals surface area contributed by atoms with E-state index in [0.717, 1.165) is 19.3 Å². The third kappa shape index (κ3) is 3.48. The van der Waals surface area contributed by atoms with E-state index in [4.69, 9.17) is 5.73 Å². The van der Waals surface area contributed by atoms with Crippen LogP contribution in [-0.2, 0) is 10.0 Å². The number of nitrogens with zero attached hydrogens (tertiary/aromatic N) is 3. The predicted octanol–water partition coefficient (Wildman–Crippen LogP) is -0.0266. The first-order valence-corrected chi connectivity index (χ1v) is 6.15. The molecular weight excluding hydrogens is 218 g/mol. The number of hydrogen-bond donors (Lipinski definition) is 2. The molecule has 2 radical (unpaired) electrons. The molecule has 8 heteroatoms. The van der Waals surface area contributed by atoms with E-state index in [-0.39, 0.29) is 0 Å². The molecule has 0 aliphatic carbocycles. The van der Waals surface area contributed by atoms with Crippen molar-refractivity contribution >= 4 is 16.0 Å². The van der Waals surface area contributed by atoms with Gasteiger partial charge in [-0.3, -0.25) is 0 Å². The van der Waals surface area contributed by atoms with Crippen molar-refractivity contribution < 1.29 is 8.42 Å². The third-order valence-corrected chi connectivity index (χ3v) is 3.01. The van der Waals surface area contributed by atoms with E-state index in [1.54, 1.807) is 0 Å². The van der Waals surface area contributed by atoms with Crippen molar-refractivity contribution in [1.82, 2.24) is 25.6 Å². The Balaban J connectivity index is 2.53.